The van der Waals surface area contributed by atoms with Crippen LogP contribution in [0.4, 0.5) is 0 Å². The molecule has 124 valence electrons. The number of imidazole rings is 1. The molecule has 3 aromatic heterocycles. The van der Waals surface area contributed by atoms with Crippen molar-refractivity contribution in [1.82, 2.24) is 19.4 Å². The van der Waals surface area contributed by atoms with Crippen molar-refractivity contribution in [1.29, 1.82) is 0 Å². The van der Waals surface area contributed by atoms with Crippen molar-refractivity contribution >= 4 is 61.7 Å². The molecule has 2 aromatic carbocycles. The van der Waals surface area contributed by atoms with Crippen LogP contribution >= 0.6 is 0 Å². The second kappa shape index (κ2) is 6.98. The number of halogens is 1. The summed E-state index contributed by atoms with van der Waals surface area (Å²) in [5.41, 5.74) is 4.73. The molecule has 0 aliphatic rings. The summed E-state index contributed by atoms with van der Waals surface area (Å²) >= 11 is 0. The molecular weight excluding hydrogens is 356 g/mol. The molecule has 5 rings (SSSR count). The standard InChI is InChI=1S/C20H15N4.ClH.Mg/c1-12(2)13-7-8-17-16(11-13)14-5-3-4-6-15(14)19-23-18-20(24(17)19)22-10-9-21-18;;/h3-5,7-12H,1-2H3;1H;/q-1;;+2/p-1. The van der Waals surface area contributed by atoms with E-state index >= 15 is 0 Å². The van der Waals surface area contributed by atoms with Crippen LogP contribution in [0.2, 0.25) is 0 Å². The van der Waals surface area contributed by atoms with E-state index in [1.807, 2.05) is 12.1 Å². The summed E-state index contributed by atoms with van der Waals surface area (Å²) in [4.78, 5) is 13.6. The number of hydrogen-bond acceptors (Lipinski definition) is 3. The van der Waals surface area contributed by atoms with Gasteiger partial charge in [0.25, 0.3) is 0 Å². The summed E-state index contributed by atoms with van der Waals surface area (Å²) < 4.78 is 2.10. The Morgan fingerprint density at radius 2 is 1.81 bits per heavy atom. The van der Waals surface area contributed by atoms with Gasteiger partial charge in [-0.05, 0) is 22.9 Å². The molecule has 4 nitrogen and oxygen atoms in total. The number of aromatic nitrogens is 4. The molecule has 0 radical (unpaired) electrons. The molecule has 6 heteroatoms. The van der Waals surface area contributed by atoms with Crippen LogP contribution in [0.25, 0.3) is 38.6 Å². The van der Waals surface area contributed by atoms with Gasteiger partial charge in [-0.1, -0.05) is 31.4 Å². The van der Waals surface area contributed by atoms with E-state index in [0.717, 1.165) is 27.6 Å². The van der Waals surface area contributed by atoms with Crippen molar-refractivity contribution in [2.75, 3.05) is 0 Å². The fraction of sp³-hybridized carbons (Fsp3) is 0.150. The average Bonchev–Trinajstić information content (AvgIpc) is 3.01. The molecule has 0 N–H and O–H groups in total. The van der Waals surface area contributed by atoms with Crippen LogP contribution in [0, 0.1) is 6.07 Å². The summed E-state index contributed by atoms with van der Waals surface area (Å²) in [6.45, 7) is 4.43. The Balaban J connectivity index is 0.000000980. The van der Waals surface area contributed by atoms with Gasteiger partial charge in [0.2, 0.25) is 0 Å². The molecule has 3 heterocycles. The Hall–Kier alpha value is -1.95. The first-order chi connectivity index (χ1) is 11.7. The van der Waals surface area contributed by atoms with E-state index in [-0.39, 0.29) is 35.5 Å². The first kappa shape index (κ1) is 18.8. The molecule has 26 heavy (non-hydrogen) atoms. The maximum absolute atomic E-state index is 4.71. The number of fused-ring (bicyclic) bond motifs is 8. The van der Waals surface area contributed by atoms with Crippen molar-refractivity contribution in [3.8, 4) is 0 Å². The van der Waals surface area contributed by atoms with Gasteiger partial charge < -0.3 is 16.8 Å². The molecule has 0 fully saturated rings. The Morgan fingerprint density at radius 3 is 2.62 bits per heavy atom. The van der Waals surface area contributed by atoms with E-state index in [2.05, 4.69) is 58.5 Å². The van der Waals surface area contributed by atoms with Crippen LogP contribution in [-0.2, 0) is 0 Å². The van der Waals surface area contributed by atoms with E-state index in [0.29, 0.717) is 11.6 Å². The van der Waals surface area contributed by atoms with E-state index in [1.54, 1.807) is 12.4 Å². The predicted molar refractivity (Wildman–Crippen MR) is 102 cm³/mol. The van der Waals surface area contributed by atoms with Gasteiger partial charge in [-0.25, -0.2) is 9.97 Å². The molecular formula is C20H15ClMgN4. The van der Waals surface area contributed by atoms with E-state index in [9.17, 15) is 0 Å². The van der Waals surface area contributed by atoms with Gasteiger partial charge in [0.05, 0.1) is 5.65 Å². The fourth-order valence-electron chi connectivity index (χ4n) is 3.38. The van der Waals surface area contributed by atoms with E-state index in [4.69, 9.17) is 4.98 Å². The van der Waals surface area contributed by atoms with Crippen LogP contribution in [0.5, 0.6) is 0 Å². The molecule has 0 saturated carbocycles. The van der Waals surface area contributed by atoms with Gasteiger partial charge in [0.1, 0.15) is 0 Å². The summed E-state index contributed by atoms with van der Waals surface area (Å²) in [6, 6.07) is 16.1. The van der Waals surface area contributed by atoms with Crippen LogP contribution in [-0.4, -0.2) is 42.4 Å². The first-order valence-electron chi connectivity index (χ1n) is 8.09. The van der Waals surface area contributed by atoms with E-state index in [1.165, 1.54) is 10.9 Å². The summed E-state index contributed by atoms with van der Waals surface area (Å²) in [6.07, 6.45) is 3.39. The van der Waals surface area contributed by atoms with Gasteiger partial charge in [0.15, 0.2) is 11.3 Å². The third-order valence-electron chi connectivity index (χ3n) is 4.59. The summed E-state index contributed by atoms with van der Waals surface area (Å²) in [5.74, 6) is 0.479. The minimum absolute atomic E-state index is 0. The van der Waals surface area contributed by atoms with Crippen molar-refractivity contribution < 1.29 is 12.4 Å². The van der Waals surface area contributed by atoms with Crippen LogP contribution < -0.4 is 12.4 Å². The molecule has 0 unspecified atom stereocenters. The fourth-order valence-corrected chi connectivity index (χ4v) is 3.38. The Morgan fingerprint density at radius 1 is 1.00 bits per heavy atom. The summed E-state index contributed by atoms with van der Waals surface area (Å²) in [5, 5.41) is 3.37. The van der Waals surface area contributed by atoms with Gasteiger partial charge in [-0.2, -0.15) is 0 Å². The van der Waals surface area contributed by atoms with Crippen molar-refractivity contribution in [3.05, 3.63) is 60.4 Å². The Labute approximate surface area is 173 Å². The zero-order chi connectivity index (χ0) is 16.3. The zero-order valence-electron chi connectivity index (χ0n) is 14.6. The third-order valence-corrected chi connectivity index (χ3v) is 4.59. The molecule has 0 bridgehead atoms. The third kappa shape index (κ3) is 2.62. The molecule has 5 aromatic rings. The van der Waals surface area contributed by atoms with Crippen molar-refractivity contribution in [2.24, 2.45) is 0 Å². The minimum atomic E-state index is 0. The molecule has 0 amide bonds. The second-order valence-corrected chi connectivity index (χ2v) is 6.36. The first-order valence-corrected chi connectivity index (χ1v) is 8.09. The minimum Gasteiger partial charge on any atom is -1.00 e. The van der Waals surface area contributed by atoms with Gasteiger partial charge in [-0.15, -0.1) is 29.7 Å². The monoisotopic (exact) mass is 370 g/mol. The number of hydrogen-bond donors (Lipinski definition) is 0. The van der Waals surface area contributed by atoms with E-state index < -0.39 is 0 Å². The van der Waals surface area contributed by atoms with Crippen LogP contribution in [0.3, 0.4) is 0 Å². The Kier molecular flexibility index (Phi) is 5.06. The second-order valence-electron chi connectivity index (χ2n) is 6.36. The zero-order valence-corrected chi connectivity index (χ0v) is 16.7. The Bertz CT molecular complexity index is 1250. The quantitative estimate of drug-likeness (QED) is 0.252. The van der Waals surface area contributed by atoms with Crippen LogP contribution in [0.15, 0.2) is 48.8 Å². The molecule has 0 aliphatic heterocycles. The summed E-state index contributed by atoms with van der Waals surface area (Å²) in [7, 11) is 0. The largest absolute Gasteiger partial charge is 2.00 e. The predicted octanol–water partition coefficient (Wildman–Crippen LogP) is 1.13. The normalized spacial score (nSPS) is 11.2. The SMILES string of the molecule is CC(C)c1ccc2c(c1)c1ccc[c-]c1c1nc3nccnc3n21.[Cl-].[Mg+2]. The smallest absolute Gasteiger partial charge is 1.00 e. The van der Waals surface area contributed by atoms with Crippen LogP contribution in [0.1, 0.15) is 25.3 Å². The molecule has 0 aliphatic carbocycles. The number of pyridine rings is 1. The maximum atomic E-state index is 4.71. The molecule has 0 atom stereocenters. The molecule has 0 saturated heterocycles. The molecule has 0 spiro atoms. The van der Waals surface area contributed by atoms with Crippen molar-refractivity contribution in [3.63, 3.8) is 0 Å². The number of rotatable bonds is 1. The van der Waals surface area contributed by atoms with Gasteiger partial charge in [0, 0.05) is 17.9 Å². The average molecular weight is 371 g/mol. The van der Waals surface area contributed by atoms with Crippen molar-refractivity contribution in [2.45, 2.75) is 19.8 Å². The van der Waals surface area contributed by atoms with Gasteiger partial charge >= 0.3 is 23.1 Å². The number of benzene rings is 2. The topological polar surface area (TPSA) is 43.1 Å². The maximum Gasteiger partial charge on any atom is 2.00 e. The number of nitrogens with zero attached hydrogens (tertiary/aromatic N) is 4. The van der Waals surface area contributed by atoms with Gasteiger partial charge in [-0.3, -0.25) is 4.98 Å².